The first-order chi connectivity index (χ1) is 13.5. The van der Waals surface area contributed by atoms with Crippen molar-refractivity contribution < 1.29 is 28.5 Å². The van der Waals surface area contributed by atoms with Gasteiger partial charge in [-0.25, -0.2) is 0 Å². The molecule has 1 aliphatic heterocycles. The third-order valence-electron chi connectivity index (χ3n) is 4.11. The molecule has 0 spiro atoms. The van der Waals surface area contributed by atoms with Gasteiger partial charge in [0.25, 0.3) is 0 Å². The lowest BCUT2D eigenvalue weighted by molar-refractivity contribution is -0.134. The molecule has 0 radical (unpaired) electrons. The maximum Gasteiger partial charge on any atom is 0.311 e. The van der Waals surface area contributed by atoms with Gasteiger partial charge in [0, 0.05) is 30.0 Å². The van der Waals surface area contributed by atoms with Gasteiger partial charge < -0.3 is 18.9 Å². The highest BCUT2D eigenvalue weighted by atomic mass is 35.5. The quantitative estimate of drug-likeness (QED) is 0.298. The Morgan fingerprint density at radius 2 is 1.89 bits per heavy atom. The standard InChI is InChI=1S/C21H19ClO6/c1-25-14-6-5-13(17(11-14)26-2)10-19-21(24)16-8-7-15(12-18(16)28-19)27-20(23)4-3-9-22/h5-8,10-12H,3-4,9H2,1-2H3/b19-10+. The van der Waals surface area contributed by atoms with Crippen LogP contribution in [0.15, 0.2) is 42.2 Å². The van der Waals surface area contributed by atoms with Crippen molar-refractivity contribution in [3.8, 4) is 23.0 Å². The van der Waals surface area contributed by atoms with Crippen molar-refractivity contribution in [2.45, 2.75) is 12.8 Å². The zero-order valence-corrected chi connectivity index (χ0v) is 16.2. The van der Waals surface area contributed by atoms with Crippen LogP contribution in [-0.2, 0) is 4.79 Å². The number of ketones is 1. The number of Topliss-reactive ketones (excluding diaryl/α,β-unsaturated/α-hetero) is 1. The van der Waals surface area contributed by atoms with Gasteiger partial charge in [0.1, 0.15) is 23.0 Å². The number of hydrogen-bond acceptors (Lipinski definition) is 6. The Morgan fingerprint density at radius 1 is 1.11 bits per heavy atom. The third kappa shape index (κ3) is 4.28. The van der Waals surface area contributed by atoms with E-state index in [1.165, 1.54) is 13.2 Å². The Hall–Kier alpha value is -2.99. The molecule has 6 nitrogen and oxygen atoms in total. The van der Waals surface area contributed by atoms with Gasteiger partial charge >= 0.3 is 5.97 Å². The highest BCUT2D eigenvalue weighted by Gasteiger charge is 2.28. The molecule has 2 aromatic carbocycles. The highest BCUT2D eigenvalue weighted by Crippen LogP contribution is 2.36. The van der Waals surface area contributed by atoms with E-state index < -0.39 is 0 Å². The lowest BCUT2D eigenvalue weighted by Gasteiger charge is -2.08. The molecule has 0 aromatic heterocycles. The lowest BCUT2D eigenvalue weighted by atomic mass is 10.1. The monoisotopic (exact) mass is 402 g/mol. The molecule has 28 heavy (non-hydrogen) atoms. The maximum atomic E-state index is 12.6. The van der Waals surface area contributed by atoms with Crippen LogP contribution in [-0.4, -0.2) is 31.9 Å². The van der Waals surface area contributed by atoms with Crippen LogP contribution in [0.5, 0.6) is 23.0 Å². The summed E-state index contributed by atoms with van der Waals surface area (Å²) in [5.74, 6) is 1.75. The largest absolute Gasteiger partial charge is 0.497 e. The first-order valence-corrected chi connectivity index (χ1v) is 9.16. The number of hydrogen-bond donors (Lipinski definition) is 0. The van der Waals surface area contributed by atoms with E-state index in [9.17, 15) is 9.59 Å². The number of ether oxygens (including phenoxy) is 4. The van der Waals surface area contributed by atoms with Crippen molar-refractivity contribution in [1.82, 2.24) is 0 Å². The number of fused-ring (bicyclic) bond motifs is 1. The molecule has 146 valence electrons. The minimum absolute atomic E-state index is 0.157. The summed E-state index contributed by atoms with van der Waals surface area (Å²) in [5, 5.41) is 0. The summed E-state index contributed by atoms with van der Waals surface area (Å²) in [4.78, 5) is 24.4. The molecule has 0 atom stereocenters. The second-order valence-electron chi connectivity index (χ2n) is 5.97. The predicted molar refractivity (Wildman–Crippen MR) is 105 cm³/mol. The molecule has 0 saturated carbocycles. The second-order valence-corrected chi connectivity index (χ2v) is 6.35. The van der Waals surface area contributed by atoms with Crippen molar-refractivity contribution in [1.29, 1.82) is 0 Å². The van der Waals surface area contributed by atoms with E-state index in [2.05, 4.69) is 0 Å². The Kier molecular flexibility index (Phi) is 6.21. The van der Waals surface area contributed by atoms with Gasteiger partial charge in [0.05, 0.1) is 19.8 Å². The van der Waals surface area contributed by atoms with Crippen LogP contribution < -0.4 is 18.9 Å². The molecule has 0 saturated heterocycles. The molecule has 1 heterocycles. The van der Waals surface area contributed by atoms with E-state index in [0.29, 0.717) is 46.4 Å². The third-order valence-corrected chi connectivity index (χ3v) is 4.38. The first kappa shape index (κ1) is 19.8. The Labute approximate surface area is 167 Å². The normalized spacial score (nSPS) is 13.8. The van der Waals surface area contributed by atoms with Gasteiger partial charge in [-0.05, 0) is 36.8 Å². The molecule has 0 bridgehead atoms. The van der Waals surface area contributed by atoms with Crippen molar-refractivity contribution >= 4 is 29.4 Å². The number of halogens is 1. The summed E-state index contributed by atoms with van der Waals surface area (Å²) in [6.45, 7) is 0. The molecule has 0 unspecified atom stereocenters. The summed E-state index contributed by atoms with van der Waals surface area (Å²) in [5.41, 5.74) is 1.08. The number of carbonyl (C=O) groups excluding carboxylic acids is 2. The second kappa shape index (κ2) is 8.80. The number of methoxy groups -OCH3 is 2. The highest BCUT2D eigenvalue weighted by molar-refractivity contribution is 6.18. The predicted octanol–water partition coefficient (Wildman–Crippen LogP) is 4.24. The molecule has 0 N–H and O–H groups in total. The Bertz CT molecular complexity index is 934. The summed E-state index contributed by atoms with van der Waals surface area (Å²) in [6.07, 6.45) is 2.37. The summed E-state index contributed by atoms with van der Waals surface area (Å²) >= 11 is 5.57. The fourth-order valence-electron chi connectivity index (χ4n) is 2.70. The van der Waals surface area contributed by atoms with Gasteiger partial charge in [-0.15, -0.1) is 11.6 Å². The number of carbonyl (C=O) groups is 2. The van der Waals surface area contributed by atoms with Crippen molar-refractivity contribution in [2.75, 3.05) is 20.1 Å². The van der Waals surface area contributed by atoms with Crippen molar-refractivity contribution in [3.05, 3.63) is 53.3 Å². The van der Waals surface area contributed by atoms with Crippen LogP contribution in [0.3, 0.4) is 0 Å². The molecule has 3 rings (SSSR count). The SMILES string of the molecule is COc1ccc(/C=C2/Oc3cc(OC(=O)CCCCl)ccc3C2=O)c(OC)c1. The van der Waals surface area contributed by atoms with Gasteiger partial charge in [-0.2, -0.15) is 0 Å². The summed E-state index contributed by atoms with van der Waals surface area (Å²) in [7, 11) is 3.10. The Balaban J connectivity index is 1.82. The van der Waals surface area contributed by atoms with E-state index in [-0.39, 0.29) is 23.9 Å². The topological polar surface area (TPSA) is 71.1 Å². The van der Waals surface area contributed by atoms with E-state index in [1.54, 1.807) is 43.5 Å². The minimum atomic E-state index is -0.386. The first-order valence-electron chi connectivity index (χ1n) is 8.62. The number of benzene rings is 2. The number of esters is 1. The minimum Gasteiger partial charge on any atom is -0.497 e. The average molecular weight is 403 g/mol. The number of rotatable bonds is 7. The molecular weight excluding hydrogens is 384 g/mol. The van der Waals surface area contributed by atoms with Crippen LogP contribution in [0, 0.1) is 0 Å². The van der Waals surface area contributed by atoms with E-state index in [4.69, 9.17) is 30.5 Å². The van der Waals surface area contributed by atoms with E-state index in [0.717, 1.165) is 0 Å². The van der Waals surface area contributed by atoms with Gasteiger partial charge in [0.15, 0.2) is 5.76 Å². The maximum absolute atomic E-state index is 12.6. The van der Waals surface area contributed by atoms with Crippen molar-refractivity contribution in [3.63, 3.8) is 0 Å². The average Bonchev–Trinajstić information content (AvgIpc) is 3.01. The van der Waals surface area contributed by atoms with Crippen LogP contribution >= 0.6 is 11.6 Å². The zero-order chi connectivity index (χ0) is 20.1. The lowest BCUT2D eigenvalue weighted by Crippen LogP contribution is -2.07. The fraction of sp³-hybridized carbons (Fsp3) is 0.238. The smallest absolute Gasteiger partial charge is 0.311 e. The number of alkyl halides is 1. The van der Waals surface area contributed by atoms with Gasteiger partial charge in [-0.1, -0.05) is 0 Å². The Morgan fingerprint density at radius 3 is 2.61 bits per heavy atom. The van der Waals surface area contributed by atoms with Gasteiger partial charge in [-0.3, -0.25) is 9.59 Å². The summed E-state index contributed by atoms with van der Waals surface area (Å²) in [6, 6.07) is 9.92. The van der Waals surface area contributed by atoms with Crippen LogP contribution in [0.1, 0.15) is 28.8 Å². The molecule has 7 heteroatoms. The molecule has 0 aliphatic carbocycles. The zero-order valence-electron chi connectivity index (χ0n) is 15.5. The van der Waals surface area contributed by atoms with Crippen LogP contribution in [0.2, 0.25) is 0 Å². The number of allylic oxidation sites excluding steroid dienone is 1. The van der Waals surface area contributed by atoms with E-state index >= 15 is 0 Å². The fourth-order valence-corrected chi connectivity index (χ4v) is 2.84. The molecular formula is C21H19ClO6. The van der Waals surface area contributed by atoms with Crippen molar-refractivity contribution in [2.24, 2.45) is 0 Å². The molecule has 0 amide bonds. The molecule has 0 fully saturated rings. The van der Waals surface area contributed by atoms with Crippen LogP contribution in [0.4, 0.5) is 0 Å². The van der Waals surface area contributed by atoms with Gasteiger partial charge in [0.2, 0.25) is 5.78 Å². The molecule has 1 aliphatic rings. The summed E-state index contributed by atoms with van der Waals surface area (Å²) < 4.78 is 21.5. The molecule has 2 aromatic rings. The van der Waals surface area contributed by atoms with Crippen LogP contribution in [0.25, 0.3) is 6.08 Å². The van der Waals surface area contributed by atoms with E-state index in [1.807, 2.05) is 0 Å².